The van der Waals surface area contributed by atoms with Crippen molar-refractivity contribution >= 4 is 5.91 Å². The minimum absolute atomic E-state index is 0.123. The van der Waals surface area contributed by atoms with Crippen LogP contribution in [0.4, 0.5) is 0 Å². The molecule has 0 saturated heterocycles. The van der Waals surface area contributed by atoms with Gasteiger partial charge in [0.15, 0.2) is 11.5 Å². The number of carbonyl (C=O) groups excluding carboxylic acids is 1. The molecule has 5 heteroatoms. The molecule has 0 N–H and O–H groups in total. The average molecular weight is 286 g/mol. The molecule has 1 aromatic carbocycles. The molecule has 0 atom stereocenters. The van der Waals surface area contributed by atoms with Gasteiger partial charge in [-0.05, 0) is 29.8 Å². The van der Waals surface area contributed by atoms with Gasteiger partial charge in [0.25, 0.3) is 5.91 Å². The summed E-state index contributed by atoms with van der Waals surface area (Å²) in [5.74, 6) is 0.870. The zero-order valence-electron chi connectivity index (χ0n) is 12.4. The maximum absolute atomic E-state index is 12.6. The summed E-state index contributed by atoms with van der Waals surface area (Å²) in [7, 11) is 4.83. The SMILES string of the molecule is COc1cccc(C(=O)N(C)Cc2ccncc2)c1OC. The highest BCUT2D eigenvalue weighted by Gasteiger charge is 2.19. The number of aromatic nitrogens is 1. The summed E-state index contributed by atoms with van der Waals surface area (Å²) < 4.78 is 10.5. The lowest BCUT2D eigenvalue weighted by atomic mass is 10.1. The third-order valence-corrected chi connectivity index (χ3v) is 3.15. The summed E-state index contributed by atoms with van der Waals surface area (Å²) in [6.07, 6.45) is 3.42. The molecule has 0 fully saturated rings. The summed E-state index contributed by atoms with van der Waals surface area (Å²) in [6.45, 7) is 0.502. The lowest BCUT2D eigenvalue weighted by molar-refractivity contribution is 0.0781. The monoisotopic (exact) mass is 286 g/mol. The average Bonchev–Trinajstić information content (AvgIpc) is 2.54. The van der Waals surface area contributed by atoms with Crippen LogP contribution in [0, 0.1) is 0 Å². The standard InChI is InChI=1S/C16H18N2O3/c1-18(11-12-7-9-17-10-8-12)16(19)13-5-4-6-14(20-2)15(13)21-3/h4-10H,11H2,1-3H3. The molecular formula is C16H18N2O3. The molecule has 1 amide bonds. The van der Waals surface area contributed by atoms with E-state index in [0.717, 1.165) is 5.56 Å². The maximum atomic E-state index is 12.6. The van der Waals surface area contributed by atoms with Crippen molar-refractivity contribution < 1.29 is 14.3 Å². The first-order valence-corrected chi connectivity index (χ1v) is 6.52. The van der Waals surface area contributed by atoms with Crippen molar-refractivity contribution in [3.05, 3.63) is 53.9 Å². The topological polar surface area (TPSA) is 51.7 Å². The number of methoxy groups -OCH3 is 2. The summed E-state index contributed by atoms with van der Waals surface area (Å²) in [5, 5.41) is 0. The van der Waals surface area contributed by atoms with Gasteiger partial charge >= 0.3 is 0 Å². The van der Waals surface area contributed by atoms with Gasteiger partial charge in [-0.25, -0.2) is 0 Å². The molecule has 1 aromatic heterocycles. The quantitative estimate of drug-likeness (QED) is 0.846. The second-order valence-corrected chi connectivity index (χ2v) is 4.56. The van der Waals surface area contributed by atoms with Crippen molar-refractivity contribution in [1.29, 1.82) is 0 Å². The van der Waals surface area contributed by atoms with Gasteiger partial charge in [-0.1, -0.05) is 6.07 Å². The number of para-hydroxylation sites is 1. The summed E-state index contributed by atoms with van der Waals surface area (Å²) in [4.78, 5) is 18.2. The largest absolute Gasteiger partial charge is 0.493 e. The molecule has 21 heavy (non-hydrogen) atoms. The molecule has 1 heterocycles. The fraction of sp³-hybridized carbons (Fsp3) is 0.250. The van der Waals surface area contributed by atoms with Crippen molar-refractivity contribution in [3.8, 4) is 11.5 Å². The summed E-state index contributed by atoms with van der Waals surface area (Å²) >= 11 is 0. The molecule has 0 unspecified atom stereocenters. The molecule has 0 aliphatic rings. The smallest absolute Gasteiger partial charge is 0.257 e. The van der Waals surface area contributed by atoms with Crippen LogP contribution in [-0.2, 0) is 6.54 Å². The first kappa shape index (κ1) is 14.8. The Morgan fingerprint density at radius 1 is 1.14 bits per heavy atom. The number of benzene rings is 1. The van der Waals surface area contributed by atoms with Crippen molar-refractivity contribution in [1.82, 2.24) is 9.88 Å². The van der Waals surface area contributed by atoms with Crippen LogP contribution in [0.2, 0.25) is 0 Å². The number of hydrogen-bond donors (Lipinski definition) is 0. The van der Waals surface area contributed by atoms with Crippen LogP contribution in [0.5, 0.6) is 11.5 Å². The van der Waals surface area contributed by atoms with Crippen LogP contribution in [0.15, 0.2) is 42.7 Å². The van der Waals surface area contributed by atoms with E-state index in [2.05, 4.69) is 4.98 Å². The Bertz CT molecular complexity index is 614. The second-order valence-electron chi connectivity index (χ2n) is 4.56. The third-order valence-electron chi connectivity index (χ3n) is 3.15. The van der Waals surface area contributed by atoms with Crippen LogP contribution in [0.1, 0.15) is 15.9 Å². The minimum atomic E-state index is -0.123. The predicted molar refractivity (Wildman–Crippen MR) is 79.6 cm³/mol. The highest BCUT2D eigenvalue weighted by atomic mass is 16.5. The van der Waals surface area contributed by atoms with Crippen molar-refractivity contribution in [2.45, 2.75) is 6.54 Å². The Labute approximate surface area is 124 Å². The number of ether oxygens (including phenoxy) is 2. The van der Waals surface area contributed by atoms with Gasteiger partial charge in [0.05, 0.1) is 19.8 Å². The van der Waals surface area contributed by atoms with E-state index in [-0.39, 0.29) is 5.91 Å². The number of amides is 1. The van der Waals surface area contributed by atoms with E-state index in [0.29, 0.717) is 23.6 Å². The molecule has 0 saturated carbocycles. The van der Waals surface area contributed by atoms with Crippen molar-refractivity contribution in [2.75, 3.05) is 21.3 Å². The van der Waals surface area contributed by atoms with E-state index >= 15 is 0 Å². The van der Waals surface area contributed by atoms with E-state index in [4.69, 9.17) is 9.47 Å². The zero-order chi connectivity index (χ0) is 15.2. The van der Waals surface area contributed by atoms with Crippen LogP contribution in [0.3, 0.4) is 0 Å². The van der Waals surface area contributed by atoms with Gasteiger partial charge < -0.3 is 14.4 Å². The van der Waals surface area contributed by atoms with Crippen molar-refractivity contribution in [2.24, 2.45) is 0 Å². The van der Waals surface area contributed by atoms with Gasteiger partial charge in [0.1, 0.15) is 0 Å². The van der Waals surface area contributed by atoms with Gasteiger partial charge in [-0.2, -0.15) is 0 Å². The Hall–Kier alpha value is -2.56. The van der Waals surface area contributed by atoms with Crippen LogP contribution < -0.4 is 9.47 Å². The zero-order valence-corrected chi connectivity index (χ0v) is 12.4. The molecular weight excluding hydrogens is 268 g/mol. The van der Waals surface area contributed by atoms with Gasteiger partial charge in [0.2, 0.25) is 0 Å². The number of carbonyl (C=O) groups is 1. The van der Waals surface area contributed by atoms with E-state index < -0.39 is 0 Å². The van der Waals surface area contributed by atoms with Gasteiger partial charge in [-0.3, -0.25) is 9.78 Å². The Morgan fingerprint density at radius 3 is 2.48 bits per heavy atom. The molecule has 2 aromatic rings. The van der Waals surface area contributed by atoms with Crippen LogP contribution in [-0.4, -0.2) is 37.1 Å². The molecule has 0 aliphatic heterocycles. The first-order valence-electron chi connectivity index (χ1n) is 6.52. The Balaban J connectivity index is 2.23. The number of rotatable bonds is 5. The first-order chi connectivity index (χ1) is 10.2. The summed E-state index contributed by atoms with van der Waals surface area (Å²) in [5.41, 5.74) is 1.50. The predicted octanol–water partition coefficient (Wildman–Crippen LogP) is 2.37. The molecule has 0 bridgehead atoms. The minimum Gasteiger partial charge on any atom is -0.493 e. The number of nitrogens with zero attached hydrogens (tertiary/aromatic N) is 2. The van der Waals surface area contributed by atoms with Crippen LogP contribution in [0.25, 0.3) is 0 Å². The molecule has 110 valence electrons. The third kappa shape index (κ3) is 3.31. The molecule has 2 rings (SSSR count). The Morgan fingerprint density at radius 2 is 1.86 bits per heavy atom. The van der Waals surface area contributed by atoms with Crippen LogP contribution >= 0.6 is 0 Å². The number of hydrogen-bond acceptors (Lipinski definition) is 4. The van der Waals surface area contributed by atoms with E-state index in [9.17, 15) is 4.79 Å². The lowest BCUT2D eigenvalue weighted by Gasteiger charge is -2.19. The second kappa shape index (κ2) is 6.74. The fourth-order valence-electron chi connectivity index (χ4n) is 2.10. The molecule has 0 aliphatic carbocycles. The van der Waals surface area contributed by atoms with E-state index in [1.165, 1.54) is 7.11 Å². The summed E-state index contributed by atoms with van der Waals surface area (Å²) in [6, 6.07) is 9.03. The highest BCUT2D eigenvalue weighted by molar-refractivity contribution is 5.97. The van der Waals surface area contributed by atoms with Gasteiger partial charge in [0, 0.05) is 26.0 Å². The number of pyridine rings is 1. The van der Waals surface area contributed by atoms with E-state index in [1.54, 1.807) is 49.7 Å². The highest BCUT2D eigenvalue weighted by Crippen LogP contribution is 2.31. The van der Waals surface area contributed by atoms with Gasteiger partial charge in [-0.15, -0.1) is 0 Å². The fourth-order valence-corrected chi connectivity index (χ4v) is 2.10. The maximum Gasteiger partial charge on any atom is 0.257 e. The van der Waals surface area contributed by atoms with Crippen molar-refractivity contribution in [3.63, 3.8) is 0 Å². The molecule has 5 nitrogen and oxygen atoms in total. The molecule has 0 spiro atoms. The normalized spacial score (nSPS) is 10.0. The Kier molecular flexibility index (Phi) is 4.77. The molecule has 0 radical (unpaired) electrons. The van der Waals surface area contributed by atoms with E-state index in [1.807, 2.05) is 12.1 Å². The lowest BCUT2D eigenvalue weighted by Crippen LogP contribution is -2.26.